The van der Waals surface area contributed by atoms with Crippen LogP contribution in [0.25, 0.3) is 0 Å². The molecule has 2 N–H and O–H groups in total. The SMILES string of the molecule is CC(O)CNCc1cnc(N(C)C)s1. The minimum absolute atomic E-state index is 0.295. The second-order valence-electron chi connectivity index (χ2n) is 3.48. The predicted molar refractivity (Wildman–Crippen MR) is 59.8 cm³/mol. The van der Waals surface area contributed by atoms with E-state index in [9.17, 15) is 0 Å². The average Bonchev–Trinajstić information content (AvgIpc) is 2.52. The molecule has 1 atom stereocenters. The number of nitrogens with one attached hydrogen (secondary N) is 1. The summed E-state index contributed by atoms with van der Waals surface area (Å²) < 4.78 is 0. The van der Waals surface area contributed by atoms with E-state index < -0.39 is 0 Å². The van der Waals surface area contributed by atoms with Crippen LogP contribution in [-0.2, 0) is 6.54 Å². The summed E-state index contributed by atoms with van der Waals surface area (Å²) in [5.41, 5.74) is 0. The maximum atomic E-state index is 9.04. The van der Waals surface area contributed by atoms with E-state index in [1.165, 1.54) is 4.88 Å². The third kappa shape index (κ3) is 3.61. The Hall–Kier alpha value is -0.650. The van der Waals surface area contributed by atoms with Gasteiger partial charge in [0, 0.05) is 38.3 Å². The Bertz CT molecular complexity index is 273. The molecule has 1 rings (SSSR count). The van der Waals surface area contributed by atoms with Gasteiger partial charge in [-0.25, -0.2) is 4.98 Å². The van der Waals surface area contributed by atoms with Crippen LogP contribution in [0.5, 0.6) is 0 Å². The Morgan fingerprint density at radius 3 is 2.86 bits per heavy atom. The summed E-state index contributed by atoms with van der Waals surface area (Å²) in [5.74, 6) is 0. The highest BCUT2D eigenvalue weighted by Crippen LogP contribution is 2.19. The molecule has 0 radical (unpaired) electrons. The Morgan fingerprint density at radius 2 is 2.36 bits per heavy atom. The van der Waals surface area contributed by atoms with Crippen LogP contribution in [0.15, 0.2) is 6.20 Å². The third-order valence-corrected chi connectivity index (χ3v) is 2.83. The Morgan fingerprint density at radius 1 is 1.64 bits per heavy atom. The molecule has 5 heteroatoms. The zero-order chi connectivity index (χ0) is 10.6. The topological polar surface area (TPSA) is 48.4 Å². The summed E-state index contributed by atoms with van der Waals surface area (Å²) in [6.07, 6.45) is 1.57. The average molecular weight is 215 g/mol. The van der Waals surface area contributed by atoms with Crippen LogP contribution in [0.1, 0.15) is 11.8 Å². The van der Waals surface area contributed by atoms with Gasteiger partial charge in [-0.3, -0.25) is 0 Å². The second kappa shape index (κ2) is 5.29. The third-order valence-electron chi connectivity index (χ3n) is 1.66. The van der Waals surface area contributed by atoms with E-state index >= 15 is 0 Å². The van der Waals surface area contributed by atoms with E-state index in [4.69, 9.17) is 5.11 Å². The molecular weight excluding hydrogens is 198 g/mol. The second-order valence-corrected chi connectivity index (χ2v) is 4.58. The molecule has 0 aromatic carbocycles. The largest absolute Gasteiger partial charge is 0.392 e. The Labute approximate surface area is 88.6 Å². The fraction of sp³-hybridized carbons (Fsp3) is 0.667. The number of aromatic nitrogens is 1. The first-order valence-electron chi connectivity index (χ1n) is 4.60. The molecule has 0 aliphatic heterocycles. The normalized spacial score (nSPS) is 12.9. The summed E-state index contributed by atoms with van der Waals surface area (Å²) in [6, 6.07) is 0. The number of nitrogens with zero attached hydrogens (tertiary/aromatic N) is 2. The van der Waals surface area contributed by atoms with Crippen LogP contribution in [-0.4, -0.2) is 36.8 Å². The van der Waals surface area contributed by atoms with Crippen molar-refractivity contribution in [2.24, 2.45) is 0 Å². The molecule has 0 amide bonds. The van der Waals surface area contributed by atoms with Crippen molar-refractivity contribution in [2.45, 2.75) is 19.6 Å². The molecule has 4 nitrogen and oxygen atoms in total. The Balaban J connectivity index is 2.36. The molecule has 1 heterocycles. The minimum atomic E-state index is -0.295. The summed E-state index contributed by atoms with van der Waals surface area (Å²) in [4.78, 5) is 7.43. The maximum absolute atomic E-state index is 9.04. The van der Waals surface area contributed by atoms with Crippen LogP contribution in [0.3, 0.4) is 0 Å². The van der Waals surface area contributed by atoms with Gasteiger partial charge in [0.05, 0.1) is 6.10 Å². The number of aliphatic hydroxyl groups is 1. The Kier molecular flexibility index (Phi) is 4.31. The molecule has 1 unspecified atom stereocenters. The van der Waals surface area contributed by atoms with Crippen LogP contribution >= 0.6 is 11.3 Å². The molecule has 0 saturated heterocycles. The van der Waals surface area contributed by atoms with E-state index in [0.717, 1.165) is 11.7 Å². The zero-order valence-corrected chi connectivity index (χ0v) is 9.64. The van der Waals surface area contributed by atoms with Crippen molar-refractivity contribution in [2.75, 3.05) is 25.5 Å². The number of aliphatic hydroxyl groups excluding tert-OH is 1. The minimum Gasteiger partial charge on any atom is -0.392 e. The summed E-state index contributed by atoms with van der Waals surface area (Å²) in [5, 5.41) is 13.2. The molecule has 0 aliphatic carbocycles. The number of thiazole rings is 1. The van der Waals surface area contributed by atoms with Crippen molar-refractivity contribution in [3.8, 4) is 0 Å². The first-order valence-corrected chi connectivity index (χ1v) is 5.42. The first-order chi connectivity index (χ1) is 6.59. The highest BCUT2D eigenvalue weighted by Gasteiger charge is 2.03. The van der Waals surface area contributed by atoms with Crippen molar-refractivity contribution in [1.82, 2.24) is 10.3 Å². The standard InChI is InChI=1S/C9H17N3OS/c1-7(13)4-10-5-8-6-11-9(14-8)12(2)3/h6-7,10,13H,4-5H2,1-3H3. The lowest BCUT2D eigenvalue weighted by Gasteiger charge is -2.06. The first kappa shape index (κ1) is 11.4. The van der Waals surface area contributed by atoms with E-state index in [-0.39, 0.29) is 6.10 Å². The van der Waals surface area contributed by atoms with Gasteiger partial charge in [0.15, 0.2) is 5.13 Å². The quantitative estimate of drug-likeness (QED) is 0.758. The highest BCUT2D eigenvalue weighted by molar-refractivity contribution is 7.15. The summed E-state index contributed by atoms with van der Waals surface area (Å²) in [7, 11) is 3.96. The predicted octanol–water partition coefficient (Wildman–Crippen LogP) is 0.679. The van der Waals surface area contributed by atoms with E-state index in [1.807, 2.05) is 25.2 Å². The molecule has 0 saturated carbocycles. The van der Waals surface area contributed by atoms with Gasteiger partial charge in [-0.15, -0.1) is 11.3 Å². The van der Waals surface area contributed by atoms with Crippen LogP contribution in [0.4, 0.5) is 5.13 Å². The fourth-order valence-corrected chi connectivity index (χ4v) is 1.79. The molecule has 0 aliphatic rings. The van der Waals surface area contributed by atoms with Gasteiger partial charge >= 0.3 is 0 Å². The molecule has 80 valence electrons. The van der Waals surface area contributed by atoms with Crippen LogP contribution < -0.4 is 10.2 Å². The molecule has 0 spiro atoms. The van der Waals surface area contributed by atoms with Gasteiger partial charge in [0.1, 0.15) is 0 Å². The number of hydrogen-bond acceptors (Lipinski definition) is 5. The zero-order valence-electron chi connectivity index (χ0n) is 8.82. The van der Waals surface area contributed by atoms with Crippen molar-refractivity contribution in [3.05, 3.63) is 11.1 Å². The smallest absolute Gasteiger partial charge is 0.185 e. The maximum Gasteiger partial charge on any atom is 0.185 e. The van der Waals surface area contributed by atoms with Crippen molar-refractivity contribution in [3.63, 3.8) is 0 Å². The van der Waals surface area contributed by atoms with E-state index in [2.05, 4.69) is 10.3 Å². The molecule has 14 heavy (non-hydrogen) atoms. The fourth-order valence-electron chi connectivity index (χ4n) is 0.990. The molecule has 0 bridgehead atoms. The van der Waals surface area contributed by atoms with Crippen LogP contribution in [0, 0.1) is 0 Å². The lowest BCUT2D eigenvalue weighted by molar-refractivity contribution is 0.191. The summed E-state index contributed by atoms with van der Waals surface area (Å²) in [6.45, 7) is 3.16. The number of anilines is 1. The van der Waals surface area contributed by atoms with Crippen molar-refractivity contribution in [1.29, 1.82) is 0 Å². The lowest BCUT2D eigenvalue weighted by Crippen LogP contribution is -2.23. The molecule has 0 fully saturated rings. The number of hydrogen-bond donors (Lipinski definition) is 2. The van der Waals surface area contributed by atoms with E-state index in [0.29, 0.717) is 6.54 Å². The molecular formula is C9H17N3OS. The lowest BCUT2D eigenvalue weighted by atomic mass is 10.4. The van der Waals surface area contributed by atoms with Gasteiger partial charge < -0.3 is 15.3 Å². The monoisotopic (exact) mass is 215 g/mol. The van der Waals surface area contributed by atoms with Gasteiger partial charge in [-0.2, -0.15) is 0 Å². The summed E-state index contributed by atoms with van der Waals surface area (Å²) >= 11 is 1.66. The van der Waals surface area contributed by atoms with E-state index in [1.54, 1.807) is 18.3 Å². The van der Waals surface area contributed by atoms with Gasteiger partial charge in [-0.05, 0) is 6.92 Å². The van der Waals surface area contributed by atoms with Gasteiger partial charge in [0.25, 0.3) is 0 Å². The highest BCUT2D eigenvalue weighted by atomic mass is 32.1. The molecule has 1 aromatic rings. The van der Waals surface area contributed by atoms with Crippen molar-refractivity contribution < 1.29 is 5.11 Å². The van der Waals surface area contributed by atoms with Gasteiger partial charge in [0.2, 0.25) is 0 Å². The van der Waals surface area contributed by atoms with Crippen LogP contribution in [0.2, 0.25) is 0 Å². The van der Waals surface area contributed by atoms with Gasteiger partial charge in [-0.1, -0.05) is 0 Å². The van der Waals surface area contributed by atoms with Crippen molar-refractivity contribution >= 4 is 16.5 Å². The molecule has 1 aromatic heterocycles. The number of rotatable bonds is 5.